The fraction of sp³-hybridized carbons (Fsp3) is 0.500. The summed E-state index contributed by atoms with van der Waals surface area (Å²) in [6.07, 6.45) is -0.310. The molecular formula is C16H25ClN2O3Si. The average Bonchev–Trinajstić information content (AvgIpc) is 2.48. The summed E-state index contributed by atoms with van der Waals surface area (Å²) >= 11 is 6.15. The molecule has 23 heavy (non-hydrogen) atoms. The Kier molecular flexibility index (Phi) is 7.09. The number of rotatable bonds is 7. The van der Waals surface area contributed by atoms with E-state index in [2.05, 4.69) is 25.2 Å². The van der Waals surface area contributed by atoms with E-state index in [1.54, 1.807) is 6.07 Å². The molecule has 7 heteroatoms. The van der Waals surface area contributed by atoms with Gasteiger partial charge in [0.05, 0.1) is 20.3 Å². The Morgan fingerprint density at radius 2 is 2.09 bits per heavy atom. The zero-order valence-electron chi connectivity index (χ0n) is 14.4. The van der Waals surface area contributed by atoms with Crippen LogP contribution in [-0.2, 0) is 11.4 Å². The van der Waals surface area contributed by atoms with Crippen LogP contribution in [-0.4, -0.2) is 43.2 Å². The number of hydrogen-bond donors (Lipinski definition) is 1. The second-order valence-electron chi connectivity index (χ2n) is 6.41. The second kappa shape index (κ2) is 8.36. The first kappa shape index (κ1) is 19.5. The summed E-state index contributed by atoms with van der Waals surface area (Å²) < 4.78 is 0. The Morgan fingerprint density at radius 3 is 2.65 bits per heavy atom. The van der Waals surface area contributed by atoms with Gasteiger partial charge in [0.25, 0.3) is 0 Å². The molecule has 1 amide bonds. The molecule has 0 spiro atoms. The van der Waals surface area contributed by atoms with Crippen LogP contribution in [0.4, 0.5) is 4.79 Å². The molecule has 0 atom stereocenters. The highest BCUT2D eigenvalue weighted by Gasteiger charge is 2.19. The topological polar surface area (TPSA) is 62.1 Å². The highest BCUT2D eigenvalue weighted by atomic mass is 35.5. The van der Waals surface area contributed by atoms with Crippen LogP contribution < -0.4 is 0 Å². The number of carboxylic acid groups (broad SMARTS) is 1. The second-order valence-corrected chi connectivity index (χ2v) is 12.1. The lowest BCUT2D eigenvalue weighted by atomic mass is 10.1. The van der Waals surface area contributed by atoms with Gasteiger partial charge in [-0.15, -0.1) is 0 Å². The minimum Gasteiger partial charge on any atom is -0.465 e. The fourth-order valence-corrected chi connectivity index (χ4v) is 2.50. The molecule has 0 aliphatic carbocycles. The summed E-state index contributed by atoms with van der Waals surface area (Å²) in [5.74, 6) is 0. The molecule has 0 fully saturated rings. The predicted molar refractivity (Wildman–Crippen MR) is 97.1 cm³/mol. The Labute approximate surface area is 143 Å². The predicted octanol–water partition coefficient (Wildman–Crippen LogP) is 4.46. The quantitative estimate of drug-likeness (QED) is 0.445. The zero-order chi connectivity index (χ0) is 17.6. The van der Waals surface area contributed by atoms with Crippen LogP contribution in [0.5, 0.6) is 0 Å². The molecule has 0 saturated heterocycles. The number of carbonyl (C=O) groups is 1. The smallest absolute Gasteiger partial charge is 0.407 e. The van der Waals surface area contributed by atoms with Crippen LogP contribution in [0.3, 0.4) is 0 Å². The van der Waals surface area contributed by atoms with Crippen molar-refractivity contribution in [3.8, 4) is 0 Å². The van der Waals surface area contributed by atoms with Crippen molar-refractivity contribution in [1.82, 2.24) is 4.90 Å². The number of nitrogens with zero attached hydrogens (tertiary/aromatic N) is 2. The molecule has 1 N–H and O–H groups in total. The monoisotopic (exact) mass is 356 g/mol. The van der Waals surface area contributed by atoms with Gasteiger partial charge >= 0.3 is 6.09 Å². The Morgan fingerprint density at radius 1 is 1.43 bits per heavy atom. The summed E-state index contributed by atoms with van der Waals surface area (Å²) in [5, 5.41) is 13.7. The van der Waals surface area contributed by atoms with Crippen LogP contribution in [0.1, 0.15) is 25.0 Å². The average molecular weight is 357 g/mol. The van der Waals surface area contributed by atoms with E-state index >= 15 is 0 Å². The summed E-state index contributed by atoms with van der Waals surface area (Å²) in [7, 11) is 0.185. The van der Waals surface area contributed by atoms with Crippen molar-refractivity contribution in [3.05, 3.63) is 34.3 Å². The third-order valence-corrected chi connectivity index (χ3v) is 7.00. The van der Waals surface area contributed by atoms with Gasteiger partial charge in [0.1, 0.15) is 6.23 Å². The molecule has 5 nitrogen and oxygen atoms in total. The van der Waals surface area contributed by atoms with Crippen LogP contribution in [0.15, 0.2) is 23.4 Å². The SMILES string of the molecule is CC[Si](C)(C)CO/N=C(/C)c1ccc(Cl)c(CN(C)C(=O)O)c1. The van der Waals surface area contributed by atoms with Gasteiger partial charge in [0.2, 0.25) is 0 Å². The molecule has 0 aliphatic heterocycles. The van der Waals surface area contributed by atoms with Gasteiger partial charge in [-0.05, 0) is 30.2 Å². The van der Waals surface area contributed by atoms with Crippen molar-refractivity contribution in [2.75, 3.05) is 13.3 Å². The molecule has 0 saturated carbocycles. The van der Waals surface area contributed by atoms with Gasteiger partial charge in [-0.3, -0.25) is 0 Å². The lowest BCUT2D eigenvalue weighted by molar-refractivity contribution is 0.154. The van der Waals surface area contributed by atoms with Crippen LogP contribution >= 0.6 is 11.6 Å². The van der Waals surface area contributed by atoms with E-state index in [0.717, 1.165) is 22.9 Å². The maximum absolute atomic E-state index is 10.9. The van der Waals surface area contributed by atoms with Crippen LogP contribution in [0.2, 0.25) is 24.2 Å². The first-order valence-corrected chi connectivity index (χ1v) is 11.3. The van der Waals surface area contributed by atoms with Crippen molar-refractivity contribution < 1.29 is 14.7 Å². The van der Waals surface area contributed by atoms with E-state index in [4.69, 9.17) is 21.5 Å². The lowest BCUT2D eigenvalue weighted by Crippen LogP contribution is -2.30. The zero-order valence-corrected chi connectivity index (χ0v) is 16.1. The fourth-order valence-electron chi connectivity index (χ4n) is 1.70. The van der Waals surface area contributed by atoms with Crippen molar-refractivity contribution >= 4 is 31.5 Å². The molecule has 1 aromatic rings. The molecule has 1 rings (SSSR count). The van der Waals surface area contributed by atoms with Gasteiger partial charge in [-0.2, -0.15) is 0 Å². The molecule has 0 heterocycles. The van der Waals surface area contributed by atoms with E-state index in [-0.39, 0.29) is 6.54 Å². The Balaban J connectivity index is 2.85. The van der Waals surface area contributed by atoms with Gasteiger partial charge in [-0.1, -0.05) is 48.9 Å². The minimum absolute atomic E-state index is 0.228. The van der Waals surface area contributed by atoms with Gasteiger partial charge in [0, 0.05) is 12.1 Å². The van der Waals surface area contributed by atoms with Gasteiger partial charge < -0.3 is 14.8 Å². The van der Waals surface area contributed by atoms with E-state index < -0.39 is 14.2 Å². The number of amides is 1. The van der Waals surface area contributed by atoms with E-state index in [9.17, 15) is 4.79 Å². The third kappa shape index (κ3) is 6.23. The molecule has 128 valence electrons. The Bertz CT molecular complexity index is 591. The van der Waals surface area contributed by atoms with Crippen molar-refractivity contribution in [1.29, 1.82) is 0 Å². The first-order valence-electron chi connectivity index (χ1n) is 7.55. The van der Waals surface area contributed by atoms with Crippen molar-refractivity contribution in [2.45, 2.75) is 39.5 Å². The summed E-state index contributed by atoms with van der Waals surface area (Å²) in [4.78, 5) is 17.6. The standard InChI is InChI=1S/C16H25ClN2O3Si/c1-6-23(4,5)11-22-18-12(2)13-7-8-15(17)14(9-13)10-19(3)16(20)21/h7-9H,6,10-11H2,1-5H3,(H,20,21)/b18-12-. The molecular weight excluding hydrogens is 332 g/mol. The number of hydrogen-bond acceptors (Lipinski definition) is 3. The third-order valence-electron chi connectivity index (χ3n) is 3.81. The molecule has 0 aliphatic rings. The largest absolute Gasteiger partial charge is 0.465 e. The Hall–Kier alpha value is -1.53. The van der Waals surface area contributed by atoms with Crippen molar-refractivity contribution in [2.24, 2.45) is 5.16 Å². The number of halogens is 1. The number of benzene rings is 1. The highest BCUT2D eigenvalue weighted by Crippen LogP contribution is 2.20. The van der Waals surface area contributed by atoms with E-state index in [0.29, 0.717) is 11.3 Å². The van der Waals surface area contributed by atoms with Crippen LogP contribution in [0.25, 0.3) is 0 Å². The number of oxime groups is 1. The van der Waals surface area contributed by atoms with Crippen molar-refractivity contribution in [3.63, 3.8) is 0 Å². The lowest BCUT2D eigenvalue weighted by Gasteiger charge is -2.18. The molecule has 1 aromatic carbocycles. The van der Waals surface area contributed by atoms with Crippen LogP contribution in [0, 0.1) is 0 Å². The summed E-state index contributed by atoms with van der Waals surface area (Å²) in [6, 6.07) is 6.61. The maximum atomic E-state index is 10.9. The normalized spacial score (nSPS) is 12.2. The molecule has 0 aromatic heterocycles. The molecule has 0 radical (unpaired) electrons. The summed E-state index contributed by atoms with van der Waals surface area (Å²) in [5.41, 5.74) is 2.37. The molecule has 0 bridgehead atoms. The summed E-state index contributed by atoms with van der Waals surface area (Å²) in [6.45, 7) is 8.80. The van der Waals surface area contributed by atoms with E-state index in [1.165, 1.54) is 11.9 Å². The van der Waals surface area contributed by atoms with E-state index in [1.807, 2.05) is 19.1 Å². The minimum atomic E-state index is -1.32. The first-order chi connectivity index (χ1) is 10.7. The van der Waals surface area contributed by atoms with Gasteiger partial charge in [-0.25, -0.2) is 4.79 Å². The molecule has 0 unspecified atom stereocenters. The highest BCUT2D eigenvalue weighted by molar-refractivity contribution is 6.77. The van der Waals surface area contributed by atoms with Gasteiger partial charge in [0.15, 0.2) is 0 Å². The maximum Gasteiger partial charge on any atom is 0.407 e.